The van der Waals surface area contributed by atoms with Gasteiger partial charge in [0, 0.05) is 11.8 Å². The number of nitrogens with zero attached hydrogens (tertiary/aromatic N) is 4. The molecule has 37 heavy (non-hydrogen) atoms. The minimum atomic E-state index is -0.495. The number of aryl methyl sites for hydroxylation is 2. The number of aromatic nitrogens is 1. The molecule has 0 radical (unpaired) electrons. The highest BCUT2D eigenvalue weighted by molar-refractivity contribution is 7.19. The van der Waals surface area contributed by atoms with E-state index in [2.05, 4.69) is 44.9 Å². The largest absolute Gasteiger partial charge is 0.273 e. The zero-order chi connectivity index (χ0) is 25.3. The molecule has 1 N–H and O–H groups in total. The van der Waals surface area contributed by atoms with Crippen molar-refractivity contribution in [3.05, 3.63) is 106 Å². The topological polar surface area (TPSA) is 87.0 Å². The van der Waals surface area contributed by atoms with Crippen molar-refractivity contribution in [3.63, 3.8) is 0 Å². The molecule has 0 spiro atoms. The van der Waals surface area contributed by atoms with E-state index in [1.165, 1.54) is 16.3 Å². The molecule has 1 fully saturated rings. The van der Waals surface area contributed by atoms with Crippen molar-refractivity contribution in [2.75, 3.05) is 5.01 Å². The Morgan fingerprint density at radius 2 is 1.35 bits per heavy atom. The van der Waals surface area contributed by atoms with Crippen LogP contribution >= 0.6 is 11.3 Å². The van der Waals surface area contributed by atoms with Gasteiger partial charge < -0.3 is 0 Å². The second-order valence-corrected chi connectivity index (χ2v) is 10.8. The summed E-state index contributed by atoms with van der Waals surface area (Å²) in [5, 5.41) is 11.0. The van der Waals surface area contributed by atoms with E-state index in [9.17, 15) is 9.59 Å². The molecule has 2 amide bonds. The Morgan fingerprint density at radius 3 is 1.95 bits per heavy atom. The van der Waals surface area contributed by atoms with Crippen LogP contribution in [0.15, 0.2) is 83.0 Å². The minimum Gasteiger partial charge on any atom is -0.273 e. The fraction of sp³-hybridized carbons (Fsp3) is 0.207. The zero-order valence-electron chi connectivity index (χ0n) is 20.3. The Bertz CT molecular complexity index is 1560. The van der Waals surface area contributed by atoms with E-state index >= 15 is 0 Å². The highest BCUT2D eigenvalue weighted by atomic mass is 32.1. The summed E-state index contributed by atoms with van der Waals surface area (Å²) in [5.41, 5.74) is 9.97. The van der Waals surface area contributed by atoms with Gasteiger partial charge in [0.15, 0.2) is 5.00 Å². The van der Waals surface area contributed by atoms with E-state index < -0.39 is 11.8 Å². The van der Waals surface area contributed by atoms with Gasteiger partial charge in [-0.1, -0.05) is 77.6 Å². The highest BCUT2D eigenvalue weighted by Gasteiger charge is 2.58. The van der Waals surface area contributed by atoms with Crippen LogP contribution in [-0.4, -0.2) is 16.8 Å². The molecule has 0 saturated carbocycles. The lowest BCUT2D eigenvalue weighted by atomic mass is 9.53. The van der Waals surface area contributed by atoms with Gasteiger partial charge in [0.2, 0.25) is 11.0 Å². The Hall–Kier alpha value is -4.17. The van der Waals surface area contributed by atoms with Crippen LogP contribution in [0.1, 0.15) is 45.3 Å². The van der Waals surface area contributed by atoms with Gasteiger partial charge in [-0.2, -0.15) is 5.01 Å². The van der Waals surface area contributed by atoms with Crippen LogP contribution in [0.5, 0.6) is 0 Å². The number of hydrogen-bond acceptors (Lipinski definition) is 6. The third-order valence-electron chi connectivity index (χ3n) is 7.71. The van der Waals surface area contributed by atoms with Crippen molar-refractivity contribution in [2.45, 2.75) is 25.7 Å². The molecule has 1 aromatic heterocycles. The molecule has 2 heterocycles. The molecule has 182 valence electrons. The fourth-order valence-electron chi connectivity index (χ4n) is 6.10. The molecule has 1 aliphatic heterocycles. The van der Waals surface area contributed by atoms with Gasteiger partial charge in [-0.3, -0.25) is 15.0 Å². The summed E-state index contributed by atoms with van der Waals surface area (Å²) in [4.78, 5) is 32.3. The maximum Gasteiger partial charge on any atom is 0.252 e. The molecular formula is C29H23N5O2S. The van der Waals surface area contributed by atoms with Crippen molar-refractivity contribution < 1.29 is 9.59 Å². The van der Waals surface area contributed by atoms with E-state index in [-0.39, 0.29) is 23.7 Å². The van der Waals surface area contributed by atoms with E-state index in [0.717, 1.165) is 33.5 Å². The number of carbonyl (C=O) groups excluding carboxylic acids is 2. The van der Waals surface area contributed by atoms with Crippen LogP contribution in [0.4, 0.5) is 15.8 Å². The van der Waals surface area contributed by atoms with Crippen LogP contribution in [-0.2, 0) is 9.59 Å². The smallest absolute Gasteiger partial charge is 0.252 e. The van der Waals surface area contributed by atoms with E-state index in [1.807, 2.05) is 62.4 Å². The van der Waals surface area contributed by atoms with Gasteiger partial charge in [-0.15, -0.1) is 10.2 Å². The van der Waals surface area contributed by atoms with Crippen LogP contribution < -0.4 is 10.4 Å². The number of nitrogens with one attached hydrogen (secondary N) is 1. The first-order valence-corrected chi connectivity index (χ1v) is 13.1. The molecule has 2 bridgehead atoms. The Balaban J connectivity index is 1.26. The number of thiazole rings is 1. The molecule has 7 nitrogen and oxygen atoms in total. The van der Waals surface area contributed by atoms with Crippen molar-refractivity contribution in [2.24, 2.45) is 22.1 Å². The normalized spacial score (nSPS) is 23.6. The van der Waals surface area contributed by atoms with Crippen LogP contribution in [0.25, 0.3) is 0 Å². The first-order chi connectivity index (χ1) is 18.0. The second kappa shape index (κ2) is 8.18. The van der Waals surface area contributed by atoms with Gasteiger partial charge >= 0.3 is 0 Å². The van der Waals surface area contributed by atoms with E-state index in [1.54, 1.807) is 0 Å². The van der Waals surface area contributed by atoms with Crippen LogP contribution in [0.2, 0.25) is 0 Å². The van der Waals surface area contributed by atoms with E-state index in [4.69, 9.17) is 0 Å². The van der Waals surface area contributed by atoms with Gasteiger partial charge in [0.05, 0.1) is 23.2 Å². The summed E-state index contributed by atoms with van der Waals surface area (Å²) in [6.07, 6.45) is 0. The van der Waals surface area contributed by atoms with Gasteiger partial charge in [-0.25, -0.2) is 4.98 Å². The molecule has 8 rings (SSSR count). The predicted molar refractivity (Wildman–Crippen MR) is 141 cm³/mol. The van der Waals surface area contributed by atoms with Crippen molar-refractivity contribution in [3.8, 4) is 0 Å². The summed E-state index contributed by atoms with van der Waals surface area (Å²) in [5.74, 6) is -1.57. The first kappa shape index (κ1) is 22.1. The van der Waals surface area contributed by atoms with Crippen molar-refractivity contribution >= 4 is 39.0 Å². The summed E-state index contributed by atoms with van der Waals surface area (Å²) < 4.78 is 0. The van der Waals surface area contributed by atoms with Crippen LogP contribution in [0.3, 0.4) is 0 Å². The van der Waals surface area contributed by atoms with Crippen molar-refractivity contribution in [1.29, 1.82) is 0 Å². The predicted octanol–water partition coefficient (Wildman–Crippen LogP) is 6.08. The summed E-state index contributed by atoms with van der Waals surface area (Å²) in [6, 6.07) is 24.2. The molecule has 3 aliphatic carbocycles. The minimum absolute atomic E-state index is 0.139. The monoisotopic (exact) mass is 505 g/mol. The number of azo groups is 1. The number of anilines is 1. The van der Waals surface area contributed by atoms with Crippen LogP contribution in [0, 0.1) is 25.7 Å². The lowest BCUT2D eigenvalue weighted by molar-refractivity contribution is -0.142. The number of hydrazine groups is 1. The SMILES string of the molecule is Cc1ccc(N=Nc2sc(N3NC(=O)C4C5c6ccccc6C(c6ccccc65)C4C3=O)nc2C)cc1. The molecule has 3 aromatic carbocycles. The Morgan fingerprint density at radius 1 is 0.784 bits per heavy atom. The van der Waals surface area contributed by atoms with E-state index in [0.29, 0.717) is 15.8 Å². The molecule has 8 heteroatoms. The maximum absolute atomic E-state index is 14.1. The Kier molecular flexibility index (Phi) is 4.87. The number of hydrogen-bond donors (Lipinski definition) is 1. The average Bonchev–Trinajstić information content (AvgIpc) is 3.30. The number of carbonyl (C=O) groups is 2. The summed E-state index contributed by atoms with van der Waals surface area (Å²) in [7, 11) is 0. The molecular weight excluding hydrogens is 482 g/mol. The molecule has 4 aliphatic rings. The highest BCUT2D eigenvalue weighted by Crippen LogP contribution is 2.59. The first-order valence-electron chi connectivity index (χ1n) is 12.3. The maximum atomic E-state index is 14.1. The Labute approximate surface area is 217 Å². The van der Waals surface area contributed by atoms with Gasteiger partial charge in [-0.05, 0) is 48.2 Å². The second-order valence-electron chi connectivity index (χ2n) is 9.84. The standard InChI is InChI=1S/C29H23N5O2S/c1-15-11-13-17(14-12-15)31-32-27-16(2)30-29(37-27)34-28(36)25-23-20-9-5-3-7-18(20)22(24(25)26(35)33-34)19-8-4-6-10-21(19)23/h3-14,22-25H,1-2H3,(H,33,35). The average molecular weight is 506 g/mol. The number of benzene rings is 3. The van der Waals surface area contributed by atoms with Crippen molar-refractivity contribution in [1.82, 2.24) is 10.4 Å². The van der Waals surface area contributed by atoms with Gasteiger partial charge in [0.25, 0.3) is 5.91 Å². The summed E-state index contributed by atoms with van der Waals surface area (Å²) in [6.45, 7) is 3.85. The fourth-order valence-corrected chi connectivity index (χ4v) is 6.95. The lowest BCUT2D eigenvalue weighted by Crippen LogP contribution is -2.64. The lowest BCUT2D eigenvalue weighted by Gasteiger charge is -2.52. The number of amides is 2. The quantitative estimate of drug-likeness (QED) is 0.343. The molecule has 4 aromatic rings. The third-order valence-corrected chi connectivity index (χ3v) is 8.74. The number of rotatable bonds is 3. The summed E-state index contributed by atoms with van der Waals surface area (Å²) >= 11 is 1.24. The third kappa shape index (κ3) is 3.29. The molecule has 2 unspecified atom stereocenters. The molecule has 1 saturated heterocycles. The zero-order valence-corrected chi connectivity index (χ0v) is 21.1. The van der Waals surface area contributed by atoms with Gasteiger partial charge in [0.1, 0.15) is 0 Å². The molecule has 2 atom stereocenters.